The molecule has 2 heteroatoms. The molecule has 0 aromatic rings. The van der Waals surface area contributed by atoms with Crippen LogP contribution in [0.3, 0.4) is 0 Å². The van der Waals surface area contributed by atoms with Gasteiger partial charge in [-0.25, -0.2) is 0 Å². The van der Waals surface area contributed by atoms with Gasteiger partial charge in [-0.15, -0.1) is 0 Å². The summed E-state index contributed by atoms with van der Waals surface area (Å²) in [6, 6.07) is 0.628. The average Bonchev–Trinajstić information content (AvgIpc) is 2.91. The minimum Gasteiger partial charge on any atom is -0.380 e. The zero-order valence-corrected chi connectivity index (χ0v) is 25.1. The summed E-state index contributed by atoms with van der Waals surface area (Å²) in [5, 5.41) is 3.57. The van der Waals surface area contributed by atoms with Gasteiger partial charge >= 0.3 is 0 Å². The van der Waals surface area contributed by atoms with E-state index in [2.05, 4.69) is 12.2 Å². The van der Waals surface area contributed by atoms with Gasteiger partial charge in [0.1, 0.15) is 0 Å². The first kappa shape index (κ1) is 33.9. The summed E-state index contributed by atoms with van der Waals surface area (Å²) >= 11 is 0. The number of piperidine rings is 1. The molecule has 1 N–H and O–H groups in total. The van der Waals surface area contributed by atoms with E-state index >= 15 is 0 Å². The van der Waals surface area contributed by atoms with E-state index in [1.165, 1.54) is 193 Å². The second kappa shape index (κ2) is 29.5. The molecular formula is C34H69NO. The van der Waals surface area contributed by atoms with Gasteiger partial charge in [-0.1, -0.05) is 174 Å². The summed E-state index contributed by atoms with van der Waals surface area (Å²) in [4.78, 5) is 0. The first-order chi connectivity index (χ1) is 17.9. The van der Waals surface area contributed by atoms with Crippen LogP contribution in [0.15, 0.2) is 0 Å². The van der Waals surface area contributed by atoms with Gasteiger partial charge in [0.25, 0.3) is 0 Å². The summed E-state index contributed by atoms with van der Waals surface area (Å²) in [5.74, 6) is 0. The van der Waals surface area contributed by atoms with E-state index in [0.717, 1.165) is 13.2 Å². The topological polar surface area (TPSA) is 21.3 Å². The fourth-order valence-corrected chi connectivity index (χ4v) is 5.81. The van der Waals surface area contributed by atoms with Crippen LogP contribution < -0.4 is 5.32 Å². The van der Waals surface area contributed by atoms with E-state index in [4.69, 9.17) is 4.74 Å². The molecule has 1 aliphatic rings. The molecule has 0 spiro atoms. The number of ether oxygens (including phenoxy) is 1. The van der Waals surface area contributed by atoms with Crippen LogP contribution in [0, 0.1) is 0 Å². The van der Waals surface area contributed by atoms with Crippen LogP contribution in [0.2, 0.25) is 0 Å². The van der Waals surface area contributed by atoms with Crippen molar-refractivity contribution in [3.8, 4) is 0 Å². The fourth-order valence-electron chi connectivity index (χ4n) is 5.81. The highest BCUT2D eigenvalue weighted by molar-refractivity contribution is 4.71. The molecule has 1 atom stereocenters. The SMILES string of the molecule is CCCCCCCCCCCCCCCCCCCCCCCCCCCCOCC1CCCCN1. The van der Waals surface area contributed by atoms with Gasteiger partial charge in [0.15, 0.2) is 0 Å². The van der Waals surface area contributed by atoms with E-state index in [-0.39, 0.29) is 0 Å². The predicted molar refractivity (Wildman–Crippen MR) is 162 cm³/mol. The fraction of sp³-hybridized carbons (Fsp3) is 1.00. The molecule has 1 unspecified atom stereocenters. The van der Waals surface area contributed by atoms with Gasteiger partial charge in [0.05, 0.1) is 6.61 Å². The van der Waals surface area contributed by atoms with Crippen molar-refractivity contribution < 1.29 is 4.74 Å². The zero-order chi connectivity index (χ0) is 25.6. The quantitative estimate of drug-likeness (QED) is 0.102. The molecule has 216 valence electrons. The Hall–Kier alpha value is -0.0800. The molecule has 1 fully saturated rings. The number of hydrogen-bond acceptors (Lipinski definition) is 2. The van der Waals surface area contributed by atoms with Crippen LogP contribution in [0.4, 0.5) is 0 Å². The van der Waals surface area contributed by atoms with Gasteiger partial charge in [-0.2, -0.15) is 0 Å². The van der Waals surface area contributed by atoms with Crippen molar-refractivity contribution in [2.75, 3.05) is 19.8 Å². The lowest BCUT2D eigenvalue weighted by Gasteiger charge is -2.23. The standard InChI is InChI=1S/C34H69NO/c1-2-3-4-5-6-7-8-9-10-11-12-13-14-15-16-17-18-19-20-21-22-23-24-25-26-29-32-36-33-34-30-27-28-31-35-34/h34-35H,2-33H2,1H3. The third kappa shape index (κ3) is 25.6. The molecule has 1 heterocycles. The Morgan fingerprint density at radius 3 is 1.17 bits per heavy atom. The molecule has 0 amide bonds. The molecule has 1 saturated heterocycles. The van der Waals surface area contributed by atoms with Crippen LogP contribution in [0.5, 0.6) is 0 Å². The summed E-state index contributed by atoms with van der Waals surface area (Å²) in [7, 11) is 0. The van der Waals surface area contributed by atoms with Crippen molar-refractivity contribution in [3.05, 3.63) is 0 Å². The Morgan fingerprint density at radius 1 is 0.472 bits per heavy atom. The van der Waals surface area contributed by atoms with Crippen LogP contribution >= 0.6 is 0 Å². The lowest BCUT2D eigenvalue weighted by molar-refractivity contribution is 0.0997. The molecule has 2 nitrogen and oxygen atoms in total. The van der Waals surface area contributed by atoms with E-state index < -0.39 is 0 Å². The average molecular weight is 508 g/mol. The maximum atomic E-state index is 5.87. The summed E-state index contributed by atoms with van der Waals surface area (Å²) in [5.41, 5.74) is 0. The van der Waals surface area contributed by atoms with Crippen LogP contribution in [-0.2, 0) is 4.74 Å². The molecule has 0 aliphatic carbocycles. The normalized spacial score (nSPS) is 16.1. The Balaban J connectivity index is 1.61. The Bertz CT molecular complexity index is 393. The smallest absolute Gasteiger partial charge is 0.0619 e. The van der Waals surface area contributed by atoms with Crippen molar-refractivity contribution in [2.45, 2.75) is 199 Å². The number of unbranched alkanes of at least 4 members (excludes halogenated alkanes) is 25. The Kier molecular flexibility index (Phi) is 27.8. The van der Waals surface area contributed by atoms with E-state index in [1.54, 1.807) is 0 Å². The molecule has 0 radical (unpaired) electrons. The third-order valence-corrected chi connectivity index (χ3v) is 8.37. The van der Waals surface area contributed by atoms with Gasteiger partial charge in [0, 0.05) is 12.6 Å². The highest BCUT2D eigenvalue weighted by Crippen LogP contribution is 2.16. The summed E-state index contributed by atoms with van der Waals surface area (Å²) in [6.45, 7) is 5.39. The summed E-state index contributed by atoms with van der Waals surface area (Å²) < 4.78 is 5.87. The molecule has 1 rings (SSSR count). The Morgan fingerprint density at radius 2 is 0.833 bits per heavy atom. The van der Waals surface area contributed by atoms with Crippen molar-refractivity contribution in [2.24, 2.45) is 0 Å². The van der Waals surface area contributed by atoms with E-state index in [9.17, 15) is 0 Å². The van der Waals surface area contributed by atoms with Gasteiger partial charge < -0.3 is 10.1 Å². The van der Waals surface area contributed by atoms with Gasteiger partial charge in [-0.3, -0.25) is 0 Å². The van der Waals surface area contributed by atoms with E-state index in [0.29, 0.717) is 6.04 Å². The van der Waals surface area contributed by atoms with Crippen molar-refractivity contribution in [3.63, 3.8) is 0 Å². The zero-order valence-electron chi connectivity index (χ0n) is 25.1. The largest absolute Gasteiger partial charge is 0.380 e. The lowest BCUT2D eigenvalue weighted by atomic mass is 10.0. The minimum atomic E-state index is 0.628. The van der Waals surface area contributed by atoms with Crippen molar-refractivity contribution >= 4 is 0 Å². The maximum absolute atomic E-state index is 5.87. The number of rotatable bonds is 29. The third-order valence-electron chi connectivity index (χ3n) is 8.37. The molecule has 0 aromatic carbocycles. The van der Waals surface area contributed by atoms with Crippen LogP contribution in [0.1, 0.15) is 193 Å². The molecule has 1 aliphatic heterocycles. The molecule has 0 bridgehead atoms. The van der Waals surface area contributed by atoms with Crippen LogP contribution in [-0.4, -0.2) is 25.8 Å². The molecule has 0 aromatic heterocycles. The highest BCUT2D eigenvalue weighted by Gasteiger charge is 2.11. The van der Waals surface area contributed by atoms with Crippen LogP contribution in [0.25, 0.3) is 0 Å². The predicted octanol–water partition coefficient (Wildman–Crippen LogP) is 11.3. The van der Waals surface area contributed by atoms with E-state index in [1.807, 2.05) is 0 Å². The van der Waals surface area contributed by atoms with Gasteiger partial charge in [0.2, 0.25) is 0 Å². The minimum absolute atomic E-state index is 0.628. The second-order valence-electron chi connectivity index (χ2n) is 12.1. The molecule has 0 saturated carbocycles. The number of nitrogens with one attached hydrogen (secondary N) is 1. The van der Waals surface area contributed by atoms with Crippen molar-refractivity contribution in [1.82, 2.24) is 5.32 Å². The lowest BCUT2D eigenvalue weighted by Crippen LogP contribution is -2.37. The summed E-state index contributed by atoms with van der Waals surface area (Å²) in [6.07, 6.45) is 41.9. The molecular weight excluding hydrogens is 438 g/mol. The number of hydrogen-bond donors (Lipinski definition) is 1. The monoisotopic (exact) mass is 508 g/mol. The highest BCUT2D eigenvalue weighted by atomic mass is 16.5. The second-order valence-corrected chi connectivity index (χ2v) is 12.1. The Labute approximate surface area is 228 Å². The maximum Gasteiger partial charge on any atom is 0.0619 e. The van der Waals surface area contributed by atoms with Crippen molar-refractivity contribution in [1.29, 1.82) is 0 Å². The molecule has 36 heavy (non-hydrogen) atoms. The van der Waals surface area contributed by atoms with Gasteiger partial charge in [-0.05, 0) is 25.8 Å². The first-order valence-electron chi connectivity index (χ1n) is 17.2. The first-order valence-corrected chi connectivity index (χ1v) is 17.2.